The van der Waals surface area contributed by atoms with E-state index in [1.807, 2.05) is 0 Å². The Morgan fingerprint density at radius 3 is 2.29 bits per heavy atom. The first-order chi connectivity index (χ1) is 11.4. The summed E-state index contributed by atoms with van der Waals surface area (Å²) in [6, 6.07) is 17.5. The third-order valence-electron chi connectivity index (χ3n) is 4.70. The first kappa shape index (κ1) is 18.1. The van der Waals surface area contributed by atoms with Crippen LogP contribution < -0.4 is 5.32 Å². The smallest absolute Gasteiger partial charge is 0.0511 e. The van der Waals surface area contributed by atoms with Crippen molar-refractivity contribution in [2.24, 2.45) is 0 Å². The number of hydrogen-bond acceptors (Lipinski definition) is 1. The molecule has 1 heteroatoms. The maximum Gasteiger partial charge on any atom is 0.0511 e. The van der Waals surface area contributed by atoms with Crippen molar-refractivity contribution in [1.82, 2.24) is 5.32 Å². The molecule has 0 saturated heterocycles. The molecule has 0 bridgehead atoms. The van der Waals surface area contributed by atoms with Crippen molar-refractivity contribution in [2.45, 2.75) is 47.1 Å². The average molecular weight is 319 g/mol. The molecule has 2 aromatic rings. The van der Waals surface area contributed by atoms with Crippen LogP contribution in [-0.2, 0) is 0 Å². The molecule has 0 aromatic heterocycles. The number of benzene rings is 2. The summed E-state index contributed by atoms with van der Waals surface area (Å²) in [6.07, 6.45) is 1.02. The van der Waals surface area contributed by atoms with E-state index in [0.29, 0.717) is 0 Å². The van der Waals surface area contributed by atoms with Gasteiger partial charge in [-0.15, -0.1) is 0 Å². The molecule has 0 aliphatic heterocycles. The summed E-state index contributed by atoms with van der Waals surface area (Å²) in [5, 5.41) is 3.60. The lowest BCUT2D eigenvalue weighted by Gasteiger charge is -2.21. The van der Waals surface area contributed by atoms with Crippen molar-refractivity contribution in [2.75, 3.05) is 0 Å². The average Bonchev–Trinajstić information content (AvgIpc) is 2.59. The molecule has 24 heavy (non-hydrogen) atoms. The van der Waals surface area contributed by atoms with E-state index in [0.717, 1.165) is 17.7 Å². The summed E-state index contributed by atoms with van der Waals surface area (Å²) in [5.74, 6) is 0. The molecule has 0 heterocycles. The second-order valence-corrected chi connectivity index (χ2v) is 6.65. The quantitative estimate of drug-likeness (QED) is 0.639. The zero-order valence-corrected chi connectivity index (χ0v) is 15.6. The van der Waals surface area contributed by atoms with Gasteiger partial charge in [-0.3, -0.25) is 0 Å². The van der Waals surface area contributed by atoms with Crippen molar-refractivity contribution in [3.8, 4) is 0 Å². The van der Waals surface area contributed by atoms with Gasteiger partial charge in [0, 0.05) is 5.70 Å². The molecule has 0 amide bonds. The molecule has 1 atom stereocenters. The minimum atomic E-state index is 0.285. The van der Waals surface area contributed by atoms with Crippen molar-refractivity contribution in [3.63, 3.8) is 0 Å². The molecule has 0 aliphatic carbocycles. The standard InChI is InChI=1S/C23H29N/c1-7-23(20-11-9-8-10-12-20)24-19(6)21-14-13-17(4)22(15-21)18(5)16(2)3/h8-15,23-24H,6-7H2,1-5H3/t23-/m0/s1. The van der Waals surface area contributed by atoms with Gasteiger partial charge in [-0.25, -0.2) is 0 Å². The lowest BCUT2D eigenvalue weighted by Crippen LogP contribution is -2.18. The summed E-state index contributed by atoms with van der Waals surface area (Å²) in [4.78, 5) is 0. The van der Waals surface area contributed by atoms with E-state index in [1.165, 1.54) is 27.8 Å². The number of hydrogen-bond donors (Lipinski definition) is 1. The van der Waals surface area contributed by atoms with Crippen LogP contribution in [-0.4, -0.2) is 0 Å². The summed E-state index contributed by atoms with van der Waals surface area (Å²) in [5.41, 5.74) is 8.75. The maximum atomic E-state index is 4.29. The summed E-state index contributed by atoms with van der Waals surface area (Å²) >= 11 is 0. The molecule has 0 spiro atoms. The fraction of sp³-hybridized carbons (Fsp3) is 0.304. The first-order valence-corrected chi connectivity index (χ1v) is 8.69. The van der Waals surface area contributed by atoms with E-state index in [-0.39, 0.29) is 6.04 Å². The van der Waals surface area contributed by atoms with Crippen LogP contribution in [0.3, 0.4) is 0 Å². The molecule has 1 nitrogen and oxygen atoms in total. The monoisotopic (exact) mass is 319 g/mol. The molecule has 2 aromatic carbocycles. The summed E-state index contributed by atoms with van der Waals surface area (Å²) in [7, 11) is 0. The molecule has 0 unspecified atom stereocenters. The van der Waals surface area contributed by atoms with Gasteiger partial charge in [0.2, 0.25) is 0 Å². The Bertz CT molecular complexity index is 734. The number of rotatable bonds is 6. The van der Waals surface area contributed by atoms with E-state index in [9.17, 15) is 0 Å². The SMILES string of the molecule is C=C(N[C@@H](CC)c1ccccc1)c1ccc(C)c(C(C)=C(C)C)c1. The van der Waals surface area contributed by atoms with Gasteiger partial charge in [-0.2, -0.15) is 0 Å². The number of aryl methyl sites for hydroxylation is 1. The van der Waals surface area contributed by atoms with Gasteiger partial charge in [0.05, 0.1) is 6.04 Å². The third-order valence-corrected chi connectivity index (χ3v) is 4.70. The zero-order chi connectivity index (χ0) is 17.7. The normalized spacial score (nSPS) is 11.7. The van der Waals surface area contributed by atoms with Gasteiger partial charge >= 0.3 is 0 Å². The molecule has 0 radical (unpaired) electrons. The number of nitrogens with one attached hydrogen (secondary N) is 1. The minimum Gasteiger partial charge on any atom is -0.378 e. The predicted molar refractivity (Wildman–Crippen MR) is 107 cm³/mol. The highest BCUT2D eigenvalue weighted by atomic mass is 14.9. The second kappa shape index (κ2) is 8.01. The van der Waals surface area contributed by atoms with Crippen LogP contribution in [0.4, 0.5) is 0 Å². The molecule has 0 saturated carbocycles. The van der Waals surface area contributed by atoms with Gasteiger partial charge < -0.3 is 5.32 Å². The van der Waals surface area contributed by atoms with Gasteiger partial charge in [0.15, 0.2) is 0 Å². The molecule has 2 rings (SSSR count). The Balaban J connectivity index is 2.27. The fourth-order valence-electron chi connectivity index (χ4n) is 2.88. The van der Waals surface area contributed by atoms with Gasteiger partial charge in [0.25, 0.3) is 0 Å². The lowest BCUT2D eigenvalue weighted by molar-refractivity contribution is 0.614. The molecule has 1 N–H and O–H groups in total. The summed E-state index contributed by atoms with van der Waals surface area (Å²) in [6.45, 7) is 15.2. The highest BCUT2D eigenvalue weighted by molar-refractivity contribution is 5.73. The van der Waals surface area contributed by atoms with E-state index in [4.69, 9.17) is 0 Å². The Labute approximate surface area is 147 Å². The number of allylic oxidation sites excluding steroid dienone is 2. The highest BCUT2D eigenvalue weighted by Gasteiger charge is 2.11. The Kier molecular flexibility index (Phi) is 6.03. The van der Waals surface area contributed by atoms with Crippen LogP contribution in [0.25, 0.3) is 11.3 Å². The minimum absolute atomic E-state index is 0.285. The van der Waals surface area contributed by atoms with Crippen LogP contribution in [0.15, 0.2) is 60.7 Å². The van der Waals surface area contributed by atoms with Crippen LogP contribution in [0.1, 0.15) is 62.4 Å². The van der Waals surface area contributed by atoms with E-state index >= 15 is 0 Å². The Morgan fingerprint density at radius 1 is 1.04 bits per heavy atom. The molecular formula is C23H29N. The summed E-state index contributed by atoms with van der Waals surface area (Å²) < 4.78 is 0. The van der Waals surface area contributed by atoms with E-state index in [2.05, 4.69) is 95.0 Å². The topological polar surface area (TPSA) is 12.0 Å². The second-order valence-electron chi connectivity index (χ2n) is 6.65. The Morgan fingerprint density at radius 2 is 1.71 bits per heavy atom. The van der Waals surface area contributed by atoms with Crippen LogP contribution in [0.5, 0.6) is 0 Å². The van der Waals surface area contributed by atoms with Crippen molar-refractivity contribution in [3.05, 3.63) is 82.9 Å². The van der Waals surface area contributed by atoms with Crippen molar-refractivity contribution < 1.29 is 0 Å². The lowest BCUT2D eigenvalue weighted by atomic mass is 9.95. The van der Waals surface area contributed by atoms with Crippen molar-refractivity contribution in [1.29, 1.82) is 0 Å². The van der Waals surface area contributed by atoms with Gasteiger partial charge in [-0.05, 0) is 68.0 Å². The van der Waals surface area contributed by atoms with Crippen molar-refractivity contribution >= 4 is 11.3 Å². The largest absolute Gasteiger partial charge is 0.378 e. The van der Waals surface area contributed by atoms with Crippen LogP contribution in [0, 0.1) is 6.92 Å². The molecule has 0 aliphatic rings. The Hall–Kier alpha value is -2.28. The zero-order valence-electron chi connectivity index (χ0n) is 15.6. The third kappa shape index (κ3) is 4.17. The van der Waals surface area contributed by atoms with Crippen LogP contribution >= 0.6 is 0 Å². The molecule has 0 fully saturated rings. The predicted octanol–water partition coefficient (Wildman–Crippen LogP) is 6.52. The fourth-order valence-corrected chi connectivity index (χ4v) is 2.88. The van der Waals surface area contributed by atoms with Gasteiger partial charge in [0.1, 0.15) is 0 Å². The highest BCUT2D eigenvalue weighted by Crippen LogP contribution is 2.26. The van der Waals surface area contributed by atoms with E-state index < -0.39 is 0 Å². The maximum absolute atomic E-state index is 4.29. The van der Waals surface area contributed by atoms with E-state index in [1.54, 1.807) is 0 Å². The first-order valence-electron chi connectivity index (χ1n) is 8.69. The molecule has 126 valence electrons. The van der Waals surface area contributed by atoms with Crippen LogP contribution in [0.2, 0.25) is 0 Å². The molecular weight excluding hydrogens is 290 g/mol. The van der Waals surface area contributed by atoms with Gasteiger partial charge in [-0.1, -0.05) is 61.5 Å².